The minimum atomic E-state index is -0.528. The molecule has 0 radical (unpaired) electrons. The quantitative estimate of drug-likeness (QED) is 0.838. The van der Waals surface area contributed by atoms with Gasteiger partial charge >= 0.3 is 6.09 Å². The molecule has 124 valence electrons. The second kappa shape index (κ2) is 6.10. The maximum atomic E-state index is 12.5. The van der Waals surface area contributed by atoms with Crippen molar-refractivity contribution in [1.29, 1.82) is 0 Å². The van der Waals surface area contributed by atoms with Crippen molar-refractivity contribution in [3.8, 4) is 11.5 Å². The Morgan fingerprint density at radius 1 is 1.35 bits per heavy atom. The van der Waals surface area contributed by atoms with Crippen LogP contribution in [0.1, 0.15) is 36.5 Å². The molecule has 1 aromatic carbocycles. The molecule has 23 heavy (non-hydrogen) atoms. The molecule has 2 heterocycles. The third-order valence-corrected chi connectivity index (χ3v) is 4.50. The van der Waals surface area contributed by atoms with Crippen LogP contribution in [0.15, 0.2) is 18.2 Å². The minimum Gasteiger partial charge on any atom is -0.497 e. The molecule has 0 unspecified atom stereocenters. The lowest BCUT2D eigenvalue weighted by Gasteiger charge is -2.43. The Bertz CT molecular complexity index is 619. The fourth-order valence-electron chi connectivity index (χ4n) is 3.19. The molecule has 0 aliphatic carbocycles. The minimum absolute atomic E-state index is 0.0819. The van der Waals surface area contributed by atoms with Gasteiger partial charge in [-0.25, -0.2) is 4.79 Å². The predicted molar refractivity (Wildman–Crippen MR) is 83.1 cm³/mol. The zero-order valence-electron chi connectivity index (χ0n) is 13.5. The van der Waals surface area contributed by atoms with Gasteiger partial charge in [0.05, 0.1) is 25.7 Å². The number of amides is 1. The van der Waals surface area contributed by atoms with Gasteiger partial charge in [-0.15, -0.1) is 0 Å². The highest BCUT2D eigenvalue weighted by molar-refractivity contribution is 6.00. The van der Waals surface area contributed by atoms with Crippen LogP contribution in [0.25, 0.3) is 0 Å². The predicted octanol–water partition coefficient (Wildman–Crippen LogP) is 2.65. The third kappa shape index (κ3) is 2.98. The van der Waals surface area contributed by atoms with Gasteiger partial charge in [0.15, 0.2) is 5.78 Å². The summed E-state index contributed by atoms with van der Waals surface area (Å²) in [6.07, 6.45) is 1.29. The Labute approximate surface area is 135 Å². The first kappa shape index (κ1) is 15.6. The van der Waals surface area contributed by atoms with E-state index in [1.165, 1.54) is 0 Å². The van der Waals surface area contributed by atoms with Crippen LogP contribution in [0.4, 0.5) is 4.79 Å². The highest BCUT2D eigenvalue weighted by Crippen LogP contribution is 2.40. The number of ketones is 1. The number of ether oxygens (including phenoxy) is 3. The Morgan fingerprint density at radius 3 is 2.74 bits per heavy atom. The molecule has 0 bridgehead atoms. The van der Waals surface area contributed by atoms with E-state index in [0.717, 1.165) is 0 Å². The number of methoxy groups -OCH3 is 1. The number of hydrogen-bond donors (Lipinski definition) is 0. The summed E-state index contributed by atoms with van der Waals surface area (Å²) in [4.78, 5) is 25.9. The van der Waals surface area contributed by atoms with Crippen LogP contribution in [0, 0.1) is 0 Å². The zero-order valence-corrected chi connectivity index (χ0v) is 13.5. The Kier molecular flexibility index (Phi) is 4.15. The molecule has 1 saturated heterocycles. The van der Waals surface area contributed by atoms with Crippen molar-refractivity contribution in [3.63, 3.8) is 0 Å². The summed E-state index contributed by atoms with van der Waals surface area (Å²) in [6, 6.07) is 5.27. The highest BCUT2D eigenvalue weighted by atomic mass is 16.6. The average molecular weight is 319 g/mol. The molecule has 1 aromatic rings. The smallest absolute Gasteiger partial charge is 0.409 e. The van der Waals surface area contributed by atoms with Crippen LogP contribution in [0.5, 0.6) is 11.5 Å². The zero-order chi connectivity index (χ0) is 16.4. The SMILES string of the molecule is CCOC(=O)N1CCC2(CC1)CC(=O)c1ccc(OC)cc1O2. The number of fused-ring (bicyclic) bond motifs is 1. The molecule has 2 aliphatic rings. The van der Waals surface area contributed by atoms with E-state index in [2.05, 4.69) is 0 Å². The fraction of sp³-hybridized carbons (Fsp3) is 0.529. The van der Waals surface area contributed by atoms with Crippen molar-refractivity contribution in [2.24, 2.45) is 0 Å². The monoisotopic (exact) mass is 319 g/mol. The van der Waals surface area contributed by atoms with E-state index in [-0.39, 0.29) is 11.9 Å². The van der Waals surface area contributed by atoms with Crippen LogP contribution >= 0.6 is 0 Å². The van der Waals surface area contributed by atoms with Crippen LogP contribution in [0.3, 0.4) is 0 Å². The summed E-state index contributed by atoms with van der Waals surface area (Å²) in [5.41, 5.74) is 0.0728. The molecule has 2 aliphatic heterocycles. The van der Waals surface area contributed by atoms with Gasteiger partial charge in [-0.3, -0.25) is 4.79 Å². The molecule has 1 amide bonds. The molecule has 0 atom stereocenters. The molecule has 0 N–H and O–H groups in total. The normalized spacial score (nSPS) is 19.0. The molecule has 3 rings (SSSR count). The number of carbonyl (C=O) groups is 2. The van der Waals surface area contributed by atoms with Crippen molar-refractivity contribution < 1.29 is 23.8 Å². The molecule has 1 spiro atoms. The summed E-state index contributed by atoms with van der Waals surface area (Å²) in [5.74, 6) is 1.32. The first-order chi connectivity index (χ1) is 11.1. The number of likely N-dealkylation sites (tertiary alicyclic amines) is 1. The van der Waals surface area contributed by atoms with Gasteiger partial charge < -0.3 is 19.1 Å². The Morgan fingerprint density at radius 2 is 2.09 bits per heavy atom. The number of Topliss-reactive ketones (excluding diaryl/α,β-unsaturated/α-hetero) is 1. The largest absolute Gasteiger partial charge is 0.497 e. The van der Waals surface area contributed by atoms with E-state index < -0.39 is 5.60 Å². The van der Waals surface area contributed by atoms with Gasteiger partial charge in [0.1, 0.15) is 17.1 Å². The van der Waals surface area contributed by atoms with Crippen LogP contribution < -0.4 is 9.47 Å². The number of carbonyl (C=O) groups excluding carboxylic acids is 2. The van der Waals surface area contributed by atoms with E-state index in [1.54, 1.807) is 37.1 Å². The molecule has 0 aromatic heterocycles. The Hall–Kier alpha value is -2.24. The van der Waals surface area contributed by atoms with E-state index in [4.69, 9.17) is 14.2 Å². The number of rotatable bonds is 2. The summed E-state index contributed by atoms with van der Waals surface area (Å²) in [5, 5.41) is 0. The maximum absolute atomic E-state index is 12.5. The van der Waals surface area contributed by atoms with E-state index in [0.29, 0.717) is 56.0 Å². The second-order valence-corrected chi connectivity index (χ2v) is 5.93. The van der Waals surface area contributed by atoms with Gasteiger partial charge in [-0.05, 0) is 19.1 Å². The first-order valence-electron chi connectivity index (χ1n) is 7.89. The lowest BCUT2D eigenvalue weighted by Crippen LogP contribution is -2.52. The molecular weight excluding hydrogens is 298 g/mol. The van der Waals surface area contributed by atoms with E-state index >= 15 is 0 Å². The summed E-state index contributed by atoms with van der Waals surface area (Å²) < 4.78 is 16.4. The topological polar surface area (TPSA) is 65.1 Å². The van der Waals surface area contributed by atoms with Crippen molar-refractivity contribution in [1.82, 2.24) is 4.90 Å². The summed E-state index contributed by atoms with van der Waals surface area (Å²) >= 11 is 0. The maximum Gasteiger partial charge on any atom is 0.409 e. The van der Waals surface area contributed by atoms with E-state index in [1.807, 2.05) is 0 Å². The van der Waals surface area contributed by atoms with Crippen LogP contribution in [0.2, 0.25) is 0 Å². The molecule has 6 nitrogen and oxygen atoms in total. The first-order valence-corrected chi connectivity index (χ1v) is 7.89. The van der Waals surface area contributed by atoms with Gasteiger partial charge in [0, 0.05) is 32.0 Å². The van der Waals surface area contributed by atoms with Crippen molar-refractivity contribution in [2.45, 2.75) is 31.8 Å². The number of piperidine rings is 1. The third-order valence-electron chi connectivity index (χ3n) is 4.50. The molecule has 6 heteroatoms. The fourth-order valence-corrected chi connectivity index (χ4v) is 3.19. The molecule has 0 saturated carbocycles. The van der Waals surface area contributed by atoms with Gasteiger partial charge in [-0.2, -0.15) is 0 Å². The summed E-state index contributed by atoms with van der Waals surface area (Å²) in [7, 11) is 1.58. The van der Waals surface area contributed by atoms with Gasteiger partial charge in [-0.1, -0.05) is 0 Å². The van der Waals surface area contributed by atoms with Crippen molar-refractivity contribution in [3.05, 3.63) is 23.8 Å². The van der Waals surface area contributed by atoms with E-state index in [9.17, 15) is 9.59 Å². The van der Waals surface area contributed by atoms with Crippen LogP contribution in [-0.4, -0.2) is 49.2 Å². The van der Waals surface area contributed by atoms with Gasteiger partial charge in [0.2, 0.25) is 0 Å². The van der Waals surface area contributed by atoms with Crippen LogP contribution in [-0.2, 0) is 4.74 Å². The number of nitrogens with zero attached hydrogens (tertiary/aromatic N) is 1. The average Bonchev–Trinajstić information content (AvgIpc) is 2.55. The lowest BCUT2D eigenvalue weighted by molar-refractivity contribution is -0.00869. The number of hydrogen-bond acceptors (Lipinski definition) is 5. The van der Waals surface area contributed by atoms with Gasteiger partial charge in [0.25, 0.3) is 0 Å². The van der Waals surface area contributed by atoms with Crippen molar-refractivity contribution >= 4 is 11.9 Å². The summed E-state index contributed by atoms with van der Waals surface area (Å²) in [6.45, 7) is 3.22. The molecular formula is C17H21NO5. The van der Waals surface area contributed by atoms with Crippen molar-refractivity contribution in [2.75, 3.05) is 26.8 Å². The Balaban J connectivity index is 1.75. The number of benzene rings is 1. The molecule has 1 fully saturated rings. The second-order valence-electron chi connectivity index (χ2n) is 5.93. The highest BCUT2D eigenvalue weighted by Gasteiger charge is 2.44. The standard InChI is InChI=1S/C17H21NO5/c1-3-22-16(20)18-8-6-17(7-9-18)11-14(19)13-5-4-12(21-2)10-15(13)23-17/h4-5,10H,3,6-9,11H2,1-2H3. The lowest BCUT2D eigenvalue weighted by atomic mass is 9.82.